The van der Waals surface area contributed by atoms with Crippen LogP contribution >= 0.6 is 11.6 Å². The minimum atomic E-state index is -1.46. The first-order valence-electron chi connectivity index (χ1n) is 8.26. The van der Waals surface area contributed by atoms with Crippen molar-refractivity contribution >= 4 is 23.5 Å². The van der Waals surface area contributed by atoms with Crippen LogP contribution in [0.2, 0.25) is 5.02 Å². The number of unbranched alkanes of at least 4 members (excludes halogenated alkanes) is 2. The Kier molecular flexibility index (Phi) is 8.19. The fourth-order valence-corrected chi connectivity index (χ4v) is 2.54. The third-order valence-electron chi connectivity index (χ3n) is 4.08. The molecule has 134 valence electrons. The van der Waals surface area contributed by atoms with E-state index in [9.17, 15) is 14.0 Å². The van der Waals surface area contributed by atoms with Crippen LogP contribution in [0, 0.1) is 11.2 Å². The van der Waals surface area contributed by atoms with E-state index in [2.05, 4.69) is 0 Å². The Balaban J connectivity index is 2.92. The van der Waals surface area contributed by atoms with Gasteiger partial charge >= 0.3 is 11.9 Å². The topological polar surface area (TPSA) is 52.6 Å². The SMILES string of the molecule is CCCCCOC(=O)C(CC)(CC)C(=O)Oc1c(F)cccc1Cl. The van der Waals surface area contributed by atoms with Gasteiger partial charge in [0.25, 0.3) is 0 Å². The maximum absolute atomic E-state index is 13.8. The predicted molar refractivity (Wildman–Crippen MR) is 90.5 cm³/mol. The van der Waals surface area contributed by atoms with Gasteiger partial charge in [-0.15, -0.1) is 0 Å². The third-order valence-corrected chi connectivity index (χ3v) is 4.38. The summed E-state index contributed by atoms with van der Waals surface area (Å²) in [6.45, 7) is 5.68. The first-order chi connectivity index (χ1) is 11.4. The molecule has 24 heavy (non-hydrogen) atoms. The Morgan fingerprint density at radius 2 is 1.79 bits per heavy atom. The number of esters is 2. The van der Waals surface area contributed by atoms with Gasteiger partial charge in [-0.1, -0.05) is 51.3 Å². The van der Waals surface area contributed by atoms with Crippen molar-refractivity contribution in [3.8, 4) is 5.75 Å². The lowest BCUT2D eigenvalue weighted by atomic mass is 9.82. The van der Waals surface area contributed by atoms with Crippen LogP contribution in [-0.4, -0.2) is 18.5 Å². The van der Waals surface area contributed by atoms with E-state index in [1.165, 1.54) is 12.1 Å². The number of carbonyl (C=O) groups is 2. The number of halogens is 2. The van der Waals surface area contributed by atoms with Crippen LogP contribution in [0.4, 0.5) is 4.39 Å². The Labute approximate surface area is 147 Å². The van der Waals surface area contributed by atoms with Crippen LogP contribution < -0.4 is 4.74 Å². The summed E-state index contributed by atoms with van der Waals surface area (Å²) in [5.41, 5.74) is -1.46. The van der Waals surface area contributed by atoms with Crippen LogP contribution in [0.25, 0.3) is 0 Å². The Bertz CT molecular complexity index is 550. The molecule has 0 amide bonds. The summed E-state index contributed by atoms with van der Waals surface area (Å²) in [6.07, 6.45) is 3.06. The van der Waals surface area contributed by atoms with Gasteiger partial charge in [0.15, 0.2) is 17.0 Å². The molecule has 0 aromatic heterocycles. The minimum absolute atomic E-state index is 0.0271. The quantitative estimate of drug-likeness (QED) is 0.272. The lowest BCUT2D eigenvalue weighted by Crippen LogP contribution is -2.42. The Hall–Kier alpha value is -1.62. The maximum atomic E-state index is 13.8. The molecular weight excluding hydrogens is 335 g/mol. The van der Waals surface area contributed by atoms with Crippen molar-refractivity contribution in [3.05, 3.63) is 29.0 Å². The number of hydrogen-bond donors (Lipinski definition) is 0. The van der Waals surface area contributed by atoms with E-state index in [1.54, 1.807) is 13.8 Å². The van der Waals surface area contributed by atoms with Crippen molar-refractivity contribution in [2.24, 2.45) is 5.41 Å². The molecule has 4 nitrogen and oxygen atoms in total. The molecule has 0 heterocycles. The van der Waals surface area contributed by atoms with Gasteiger partial charge in [0.05, 0.1) is 11.6 Å². The molecular formula is C18H24ClFO4. The average molecular weight is 359 g/mol. The van der Waals surface area contributed by atoms with Crippen molar-refractivity contribution in [1.29, 1.82) is 0 Å². The number of ether oxygens (including phenoxy) is 2. The van der Waals surface area contributed by atoms with E-state index in [-0.39, 0.29) is 30.2 Å². The molecule has 0 aliphatic rings. The molecule has 0 bridgehead atoms. The summed E-state index contributed by atoms with van der Waals surface area (Å²) in [5.74, 6) is -2.61. The highest BCUT2D eigenvalue weighted by atomic mass is 35.5. The molecule has 0 saturated carbocycles. The van der Waals surface area contributed by atoms with Gasteiger partial charge in [0.2, 0.25) is 0 Å². The number of carbonyl (C=O) groups excluding carboxylic acids is 2. The number of rotatable bonds is 9. The Morgan fingerprint density at radius 1 is 1.12 bits per heavy atom. The molecule has 0 radical (unpaired) electrons. The summed E-state index contributed by atoms with van der Waals surface area (Å²) in [6, 6.07) is 3.96. The van der Waals surface area contributed by atoms with Crippen molar-refractivity contribution in [3.63, 3.8) is 0 Å². The molecule has 1 aromatic rings. The predicted octanol–water partition coefficient (Wildman–Crippen LogP) is 4.92. The van der Waals surface area contributed by atoms with Crippen molar-refractivity contribution in [1.82, 2.24) is 0 Å². The molecule has 0 spiro atoms. The van der Waals surface area contributed by atoms with Crippen LogP contribution in [0.1, 0.15) is 52.9 Å². The van der Waals surface area contributed by atoms with Gasteiger partial charge in [0, 0.05) is 0 Å². The molecule has 0 aliphatic heterocycles. The Morgan fingerprint density at radius 3 is 2.33 bits per heavy atom. The molecule has 0 atom stereocenters. The lowest BCUT2D eigenvalue weighted by Gasteiger charge is -2.27. The van der Waals surface area contributed by atoms with Crippen molar-refractivity contribution < 1.29 is 23.5 Å². The number of para-hydroxylation sites is 1. The van der Waals surface area contributed by atoms with E-state index in [4.69, 9.17) is 21.1 Å². The molecule has 0 aliphatic carbocycles. The number of benzene rings is 1. The average Bonchev–Trinajstić information content (AvgIpc) is 2.57. The molecule has 1 rings (SSSR count). The minimum Gasteiger partial charge on any atom is -0.465 e. The van der Waals surface area contributed by atoms with Gasteiger partial charge in [0.1, 0.15) is 0 Å². The van der Waals surface area contributed by atoms with Gasteiger partial charge in [-0.3, -0.25) is 9.59 Å². The molecule has 0 N–H and O–H groups in total. The zero-order chi connectivity index (χ0) is 18.2. The summed E-state index contributed by atoms with van der Waals surface area (Å²) < 4.78 is 24.2. The molecule has 6 heteroatoms. The van der Waals surface area contributed by atoms with Gasteiger partial charge < -0.3 is 9.47 Å². The number of hydrogen-bond acceptors (Lipinski definition) is 4. The summed E-state index contributed by atoms with van der Waals surface area (Å²) >= 11 is 5.87. The second kappa shape index (κ2) is 9.62. The maximum Gasteiger partial charge on any atom is 0.329 e. The summed E-state index contributed by atoms with van der Waals surface area (Å²) in [4.78, 5) is 25.0. The first kappa shape index (κ1) is 20.4. The van der Waals surface area contributed by atoms with Crippen molar-refractivity contribution in [2.75, 3.05) is 6.61 Å². The lowest BCUT2D eigenvalue weighted by molar-refractivity contribution is -0.168. The van der Waals surface area contributed by atoms with Crippen LogP contribution in [0.5, 0.6) is 5.75 Å². The molecule has 0 unspecified atom stereocenters. The van der Waals surface area contributed by atoms with Crippen LogP contribution in [-0.2, 0) is 14.3 Å². The summed E-state index contributed by atoms with van der Waals surface area (Å²) in [5, 5.41) is -0.0271. The molecule has 0 saturated heterocycles. The second-order valence-electron chi connectivity index (χ2n) is 5.57. The standard InChI is InChI=1S/C18H24ClFO4/c1-4-7-8-12-23-16(21)18(5-2,6-3)17(22)24-15-13(19)10-9-11-14(15)20/h9-11H,4-8,12H2,1-3H3. The van der Waals surface area contributed by atoms with E-state index < -0.39 is 23.2 Å². The van der Waals surface area contributed by atoms with Gasteiger partial charge in [-0.25, -0.2) is 4.39 Å². The highest BCUT2D eigenvalue weighted by Gasteiger charge is 2.46. The van der Waals surface area contributed by atoms with Crippen LogP contribution in [0.15, 0.2) is 18.2 Å². The van der Waals surface area contributed by atoms with E-state index in [0.717, 1.165) is 25.3 Å². The zero-order valence-corrected chi connectivity index (χ0v) is 15.1. The molecule has 0 fully saturated rings. The molecule has 1 aromatic carbocycles. The van der Waals surface area contributed by atoms with Gasteiger partial charge in [-0.2, -0.15) is 0 Å². The highest BCUT2D eigenvalue weighted by molar-refractivity contribution is 6.32. The largest absolute Gasteiger partial charge is 0.465 e. The fourth-order valence-electron chi connectivity index (χ4n) is 2.34. The van der Waals surface area contributed by atoms with E-state index in [1.807, 2.05) is 6.92 Å². The van der Waals surface area contributed by atoms with Crippen molar-refractivity contribution in [2.45, 2.75) is 52.9 Å². The zero-order valence-electron chi connectivity index (χ0n) is 14.4. The van der Waals surface area contributed by atoms with Gasteiger partial charge in [-0.05, 0) is 31.4 Å². The monoisotopic (exact) mass is 358 g/mol. The highest BCUT2D eigenvalue weighted by Crippen LogP contribution is 2.34. The van der Waals surface area contributed by atoms with E-state index >= 15 is 0 Å². The smallest absolute Gasteiger partial charge is 0.329 e. The normalized spacial score (nSPS) is 11.2. The second-order valence-corrected chi connectivity index (χ2v) is 5.98. The van der Waals surface area contributed by atoms with E-state index in [0.29, 0.717) is 0 Å². The summed E-state index contributed by atoms with van der Waals surface area (Å²) in [7, 11) is 0. The first-order valence-corrected chi connectivity index (χ1v) is 8.64. The van der Waals surface area contributed by atoms with Crippen LogP contribution in [0.3, 0.4) is 0 Å². The third kappa shape index (κ3) is 4.69. The fraction of sp³-hybridized carbons (Fsp3) is 0.556.